The van der Waals surface area contributed by atoms with Gasteiger partial charge in [-0.15, -0.1) is 0 Å². The summed E-state index contributed by atoms with van der Waals surface area (Å²) in [5.41, 5.74) is 1.28. The van der Waals surface area contributed by atoms with Crippen molar-refractivity contribution in [3.8, 4) is 0 Å². The van der Waals surface area contributed by atoms with Gasteiger partial charge >= 0.3 is 0 Å². The van der Waals surface area contributed by atoms with Gasteiger partial charge in [0.05, 0.1) is 12.1 Å². The van der Waals surface area contributed by atoms with Gasteiger partial charge in [-0.05, 0) is 18.6 Å². The van der Waals surface area contributed by atoms with E-state index in [4.69, 9.17) is 4.74 Å². The highest BCUT2D eigenvalue weighted by Gasteiger charge is 2.07. The highest BCUT2D eigenvalue weighted by molar-refractivity contribution is 9.09. The molecule has 0 aliphatic heterocycles. The van der Waals surface area contributed by atoms with Crippen LogP contribution >= 0.6 is 15.9 Å². The Labute approximate surface area is 126 Å². The molecule has 1 heterocycles. The number of carbonyl (C=O) groups is 1. The summed E-state index contributed by atoms with van der Waals surface area (Å²) in [4.78, 5) is 16.3. The molecule has 0 aliphatic carbocycles. The molecule has 0 atom stereocenters. The average molecular weight is 337 g/mol. The lowest BCUT2D eigenvalue weighted by atomic mass is 10.2. The van der Waals surface area contributed by atoms with Crippen LogP contribution < -0.4 is 5.32 Å². The van der Waals surface area contributed by atoms with Gasteiger partial charge in [-0.2, -0.15) is 0 Å². The molecule has 0 saturated carbocycles. The second-order valence-corrected chi connectivity index (χ2v) is 5.09. The average Bonchev–Trinajstić information content (AvgIpc) is 2.50. The third-order valence-electron chi connectivity index (χ3n) is 2.80. The molecule has 2 aromatic rings. The summed E-state index contributed by atoms with van der Waals surface area (Å²) in [6, 6.07) is 11.4. The van der Waals surface area contributed by atoms with Gasteiger partial charge in [0, 0.05) is 23.9 Å². The number of fused-ring (bicyclic) bond motifs is 1. The van der Waals surface area contributed by atoms with Gasteiger partial charge in [0.15, 0.2) is 0 Å². The molecule has 1 amide bonds. The Kier molecular flexibility index (Phi) is 5.95. The van der Waals surface area contributed by atoms with Crippen molar-refractivity contribution in [3.05, 3.63) is 42.1 Å². The fourth-order valence-electron chi connectivity index (χ4n) is 1.82. The number of rotatable bonds is 7. The highest BCUT2D eigenvalue weighted by atomic mass is 79.9. The predicted octanol–water partition coefficient (Wildman–Crippen LogP) is 2.77. The van der Waals surface area contributed by atoms with Crippen molar-refractivity contribution in [1.82, 2.24) is 10.3 Å². The van der Waals surface area contributed by atoms with E-state index in [-0.39, 0.29) is 5.91 Å². The molecule has 0 radical (unpaired) electrons. The molecular weight excluding hydrogens is 320 g/mol. The fourth-order valence-corrected chi connectivity index (χ4v) is 2.04. The number of pyridine rings is 1. The quantitative estimate of drug-likeness (QED) is 0.624. The van der Waals surface area contributed by atoms with Gasteiger partial charge in [-0.25, -0.2) is 4.98 Å². The lowest BCUT2D eigenvalue weighted by Gasteiger charge is -2.06. The Morgan fingerprint density at radius 3 is 2.90 bits per heavy atom. The molecule has 1 aromatic carbocycles. The molecule has 0 bridgehead atoms. The van der Waals surface area contributed by atoms with Crippen LogP contribution in [0.5, 0.6) is 0 Å². The molecule has 106 valence electrons. The number of nitrogens with zero attached hydrogens (tertiary/aromatic N) is 1. The molecular formula is C15H17BrN2O2. The van der Waals surface area contributed by atoms with Crippen LogP contribution in [0.1, 0.15) is 16.9 Å². The van der Waals surface area contributed by atoms with Crippen molar-refractivity contribution in [2.24, 2.45) is 0 Å². The van der Waals surface area contributed by atoms with E-state index in [1.165, 1.54) is 0 Å². The molecule has 0 spiro atoms. The molecule has 5 heteroatoms. The Balaban J connectivity index is 1.84. The molecule has 4 nitrogen and oxygen atoms in total. The summed E-state index contributed by atoms with van der Waals surface area (Å²) >= 11 is 3.29. The van der Waals surface area contributed by atoms with Gasteiger partial charge in [-0.3, -0.25) is 4.79 Å². The van der Waals surface area contributed by atoms with Crippen molar-refractivity contribution in [3.63, 3.8) is 0 Å². The zero-order chi connectivity index (χ0) is 14.2. The van der Waals surface area contributed by atoms with Crippen molar-refractivity contribution >= 4 is 32.7 Å². The molecule has 0 unspecified atom stereocenters. The van der Waals surface area contributed by atoms with E-state index in [1.54, 1.807) is 6.07 Å². The third-order valence-corrected chi connectivity index (χ3v) is 3.13. The normalized spacial score (nSPS) is 10.7. The van der Waals surface area contributed by atoms with Crippen LogP contribution in [0.25, 0.3) is 10.9 Å². The fraction of sp³-hybridized carbons (Fsp3) is 0.333. The van der Waals surface area contributed by atoms with Gasteiger partial charge in [0.2, 0.25) is 0 Å². The Hall–Kier alpha value is -1.46. The first-order chi connectivity index (χ1) is 9.81. The summed E-state index contributed by atoms with van der Waals surface area (Å²) in [6.07, 6.45) is 0.798. The maximum atomic E-state index is 12.0. The van der Waals surface area contributed by atoms with Gasteiger partial charge in [0.25, 0.3) is 5.91 Å². The number of hydrogen-bond acceptors (Lipinski definition) is 3. The second kappa shape index (κ2) is 7.97. The molecule has 0 fully saturated rings. The minimum absolute atomic E-state index is 0.142. The third kappa shape index (κ3) is 4.28. The number of alkyl halides is 1. The number of aromatic nitrogens is 1. The maximum Gasteiger partial charge on any atom is 0.269 e. The number of benzene rings is 1. The summed E-state index contributed by atoms with van der Waals surface area (Å²) in [5.74, 6) is -0.142. The predicted molar refractivity (Wildman–Crippen MR) is 83.3 cm³/mol. The molecule has 20 heavy (non-hydrogen) atoms. The van der Waals surface area contributed by atoms with E-state index in [0.29, 0.717) is 25.5 Å². The number of carbonyl (C=O) groups excluding carboxylic acids is 1. The van der Waals surface area contributed by atoms with Gasteiger partial charge in [0.1, 0.15) is 5.69 Å². The molecule has 1 N–H and O–H groups in total. The van der Waals surface area contributed by atoms with Crippen molar-refractivity contribution in [2.75, 3.05) is 25.1 Å². The first-order valence-corrected chi connectivity index (χ1v) is 7.71. The van der Waals surface area contributed by atoms with E-state index >= 15 is 0 Å². The summed E-state index contributed by atoms with van der Waals surface area (Å²) in [6.45, 7) is 1.94. The monoisotopic (exact) mass is 336 g/mol. The lowest BCUT2D eigenvalue weighted by molar-refractivity contribution is 0.0940. The first kappa shape index (κ1) is 14.9. The van der Waals surface area contributed by atoms with E-state index in [2.05, 4.69) is 26.2 Å². The first-order valence-electron chi connectivity index (χ1n) is 6.59. The SMILES string of the molecule is O=C(NCCCOCCBr)c1ccc2ccccc2n1. The summed E-state index contributed by atoms with van der Waals surface area (Å²) in [7, 11) is 0. The minimum Gasteiger partial charge on any atom is -0.381 e. The number of hydrogen-bond donors (Lipinski definition) is 1. The molecule has 2 rings (SSSR count). The largest absolute Gasteiger partial charge is 0.381 e. The van der Waals surface area contributed by atoms with E-state index in [9.17, 15) is 4.79 Å². The highest BCUT2D eigenvalue weighted by Crippen LogP contribution is 2.11. The summed E-state index contributed by atoms with van der Waals surface area (Å²) < 4.78 is 5.31. The number of halogens is 1. The van der Waals surface area contributed by atoms with Crippen LogP contribution in [-0.2, 0) is 4.74 Å². The standard InChI is InChI=1S/C15H17BrN2O2/c16-8-11-20-10-3-9-17-15(19)14-7-6-12-4-1-2-5-13(12)18-14/h1-2,4-7H,3,8-11H2,(H,17,19). The van der Waals surface area contributed by atoms with Crippen LogP contribution in [0, 0.1) is 0 Å². The number of amides is 1. The number of nitrogens with one attached hydrogen (secondary N) is 1. The Morgan fingerprint density at radius 1 is 1.20 bits per heavy atom. The van der Waals surface area contributed by atoms with Crippen molar-refractivity contribution in [2.45, 2.75) is 6.42 Å². The number of para-hydroxylation sites is 1. The van der Waals surface area contributed by atoms with Crippen LogP contribution in [-0.4, -0.2) is 36.0 Å². The molecule has 0 saturated heterocycles. The van der Waals surface area contributed by atoms with Gasteiger partial charge < -0.3 is 10.1 Å². The van der Waals surface area contributed by atoms with Crippen LogP contribution in [0.3, 0.4) is 0 Å². The summed E-state index contributed by atoms with van der Waals surface area (Å²) in [5, 5.41) is 4.72. The zero-order valence-corrected chi connectivity index (χ0v) is 12.7. The minimum atomic E-state index is -0.142. The van der Waals surface area contributed by atoms with E-state index < -0.39 is 0 Å². The van der Waals surface area contributed by atoms with Crippen molar-refractivity contribution in [1.29, 1.82) is 0 Å². The van der Waals surface area contributed by atoms with E-state index in [0.717, 1.165) is 22.7 Å². The second-order valence-electron chi connectivity index (χ2n) is 4.30. The Bertz CT molecular complexity index is 575. The van der Waals surface area contributed by atoms with E-state index in [1.807, 2.05) is 30.3 Å². The smallest absolute Gasteiger partial charge is 0.269 e. The maximum absolute atomic E-state index is 12.0. The van der Waals surface area contributed by atoms with Crippen LogP contribution in [0.4, 0.5) is 0 Å². The van der Waals surface area contributed by atoms with Crippen molar-refractivity contribution < 1.29 is 9.53 Å². The van der Waals surface area contributed by atoms with Crippen LogP contribution in [0.2, 0.25) is 0 Å². The lowest BCUT2D eigenvalue weighted by Crippen LogP contribution is -2.26. The van der Waals surface area contributed by atoms with Gasteiger partial charge in [-0.1, -0.05) is 40.2 Å². The molecule has 0 aliphatic rings. The number of ether oxygens (including phenoxy) is 1. The Morgan fingerprint density at radius 2 is 2.05 bits per heavy atom. The topological polar surface area (TPSA) is 51.2 Å². The zero-order valence-electron chi connectivity index (χ0n) is 11.1. The van der Waals surface area contributed by atoms with Crippen LogP contribution in [0.15, 0.2) is 36.4 Å². The molecule has 1 aromatic heterocycles.